The molecule has 1 aromatic heterocycles. The van der Waals surface area contributed by atoms with Crippen LogP contribution in [0.2, 0.25) is 0 Å². The quantitative estimate of drug-likeness (QED) is 0.878. The lowest BCUT2D eigenvalue weighted by Crippen LogP contribution is -2.05. The maximum absolute atomic E-state index is 5.82. The topological polar surface area (TPSA) is 66.0 Å². The van der Waals surface area contributed by atoms with Crippen LogP contribution in [0, 0.1) is 0 Å². The van der Waals surface area contributed by atoms with E-state index >= 15 is 0 Å². The Balaban J connectivity index is 2.45. The van der Waals surface area contributed by atoms with Gasteiger partial charge in [-0.25, -0.2) is 4.68 Å². The summed E-state index contributed by atoms with van der Waals surface area (Å²) >= 11 is 0. The van der Waals surface area contributed by atoms with Crippen molar-refractivity contribution in [3.8, 4) is 11.4 Å². The Hall–Kier alpha value is -2.04. The fourth-order valence-corrected chi connectivity index (χ4v) is 1.76. The molecule has 0 radical (unpaired) electrons. The number of benzene rings is 1. The van der Waals surface area contributed by atoms with Crippen molar-refractivity contribution in [2.45, 2.75) is 19.8 Å². The molecule has 0 saturated carbocycles. The first-order valence-electron chi connectivity index (χ1n) is 5.49. The van der Waals surface area contributed by atoms with Gasteiger partial charge in [0, 0.05) is 0 Å². The SMILES string of the molecule is COc1ccc(-n2nnc(N)c2C(C)C)cc1. The molecule has 0 spiro atoms. The first-order chi connectivity index (χ1) is 8.13. The summed E-state index contributed by atoms with van der Waals surface area (Å²) in [6, 6.07) is 7.63. The fraction of sp³-hybridized carbons (Fsp3) is 0.333. The van der Waals surface area contributed by atoms with Crippen molar-refractivity contribution in [2.24, 2.45) is 0 Å². The van der Waals surface area contributed by atoms with E-state index in [1.807, 2.05) is 24.3 Å². The Bertz CT molecular complexity index is 502. The molecule has 0 aliphatic heterocycles. The van der Waals surface area contributed by atoms with Crippen molar-refractivity contribution in [1.29, 1.82) is 0 Å². The summed E-state index contributed by atoms with van der Waals surface area (Å²) in [5, 5.41) is 7.98. The molecule has 90 valence electrons. The first-order valence-corrected chi connectivity index (χ1v) is 5.49. The molecule has 0 aliphatic carbocycles. The molecular weight excluding hydrogens is 216 g/mol. The number of aromatic nitrogens is 3. The second kappa shape index (κ2) is 4.45. The second-order valence-corrected chi connectivity index (χ2v) is 4.12. The van der Waals surface area contributed by atoms with E-state index in [-0.39, 0.29) is 5.92 Å². The Morgan fingerprint density at radius 3 is 2.41 bits per heavy atom. The second-order valence-electron chi connectivity index (χ2n) is 4.12. The van der Waals surface area contributed by atoms with Gasteiger partial charge >= 0.3 is 0 Å². The largest absolute Gasteiger partial charge is 0.497 e. The molecule has 0 bridgehead atoms. The van der Waals surface area contributed by atoms with Gasteiger partial charge in [0.1, 0.15) is 5.75 Å². The fourth-order valence-electron chi connectivity index (χ4n) is 1.76. The van der Waals surface area contributed by atoms with Crippen molar-refractivity contribution in [2.75, 3.05) is 12.8 Å². The molecule has 1 heterocycles. The normalized spacial score (nSPS) is 10.8. The van der Waals surface area contributed by atoms with E-state index in [1.165, 1.54) is 0 Å². The minimum absolute atomic E-state index is 0.270. The molecule has 5 heteroatoms. The molecule has 2 N–H and O–H groups in total. The number of rotatable bonds is 3. The molecule has 5 nitrogen and oxygen atoms in total. The molecule has 1 aromatic carbocycles. The molecule has 17 heavy (non-hydrogen) atoms. The smallest absolute Gasteiger partial charge is 0.169 e. The number of nitrogens with zero attached hydrogens (tertiary/aromatic N) is 3. The summed E-state index contributed by atoms with van der Waals surface area (Å²) in [7, 11) is 1.64. The van der Waals surface area contributed by atoms with Gasteiger partial charge in [-0.3, -0.25) is 0 Å². The van der Waals surface area contributed by atoms with E-state index < -0.39 is 0 Å². The first kappa shape index (κ1) is 11.4. The minimum atomic E-state index is 0.270. The molecule has 2 rings (SSSR count). The molecule has 0 fully saturated rings. The molecular formula is C12H16N4O. The highest BCUT2D eigenvalue weighted by Gasteiger charge is 2.14. The van der Waals surface area contributed by atoms with Gasteiger partial charge in [0.25, 0.3) is 0 Å². The predicted octanol–water partition coefficient (Wildman–Crippen LogP) is 1.98. The van der Waals surface area contributed by atoms with Crippen LogP contribution in [0.4, 0.5) is 5.82 Å². The van der Waals surface area contributed by atoms with Gasteiger partial charge in [-0.2, -0.15) is 0 Å². The third kappa shape index (κ3) is 2.08. The van der Waals surface area contributed by atoms with Crippen molar-refractivity contribution in [3.63, 3.8) is 0 Å². The summed E-state index contributed by atoms with van der Waals surface area (Å²) in [6.07, 6.45) is 0. The van der Waals surface area contributed by atoms with E-state index in [2.05, 4.69) is 24.2 Å². The van der Waals surface area contributed by atoms with Gasteiger partial charge in [0.05, 0.1) is 18.5 Å². The number of methoxy groups -OCH3 is 1. The molecule has 0 atom stereocenters. The van der Waals surface area contributed by atoms with E-state index in [0.29, 0.717) is 5.82 Å². The maximum atomic E-state index is 5.82. The van der Waals surface area contributed by atoms with Gasteiger partial charge < -0.3 is 10.5 Å². The van der Waals surface area contributed by atoms with Crippen molar-refractivity contribution >= 4 is 5.82 Å². The molecule has 2 aromatic rings. The predicted molar refractivity (Wildman–Crippen MR) is 66.4 cm³/mol. The number of nitrogen functional groups attached to an aromatic ring is 1. The summed E-state index contributed by atoms with van der Waals surface area (Å²) < 4.78 is 6.88. The highest BCUT2D eigenvalue weighted by atomic mass is 16.5. The Labute approximate surface area is 100 Å². The third-order valence-electron chi connectivity index (χ3n) is 2.60. The van der Waals surface area contributed by atoms with Crippen LogP contribution in [0.5, 0.6) is 5.75 Å². The zero-order valence-corrected chi connectivity index (χ0v) is 10.2. The number of nitrogens with two attached hydrogens (primary N) is 1. The van der Waals surface area contributed by atoms with Crippen LogP contribution < -0.4 is 10.5 Å². The monoisotopic (exact) mass is 232 g/mol. The lowest BCUT2D eigenvalue weighted by molar-refractivity contribution is 0.414. The van der Waals surface area contributed by atoms with Crippen LogP contribution in [-0.2, 0) is 0 Å². The van der Waals surface area contributed by atoms with E-state index in [9.17, 15) is 0 Å². The zero-order chi connectivity index (χ0) is 12.4. The van der Waals surface area contributed by atoms with Crippen molar-refractivity contribution in [1.82, 2.24) is 15.0 Å². The van der Waals surface area contributed by atoms with Crippen LogP contribution in [-0.4, -0.2) is 22.1 Å². The standard InChI is InChI=1S/C12H16N4O/c1-8(2)11-12(13)14-15-16(11)9-4-6-10(17-3)7-5-9/h4-8H,13H2,1-3H3. The van der Waals surface area contributed by atoms with Gasteiger partial charge in [-0.15, -0.1) is 5.10 Å². The summed E-state index contributed by atoms with van der Waals surface area (Å²) in [5.41, 5.74) is 7.67. The summed E-state index contributed by atoms with van der Waals surface area (Å²) in [5.74, 6) is 1.57. The zero-order valence-electron chi connectivity index (χ0n) is 10.2. The van der Waals surface area contributed by atoms with Gasteiger partial charge in [-0.1, -0.05) is 19.1 Å². The highest BCUT2D eigenvalue weighted by Crippen LogP contribution is 2.23. The van der Waals surface area contributed by atoms with E-state index in [1.54, 1.807) is 11.8 Å². The molecule has 0 unspecified atom stereocenters. The number of hydrogen-bond acceptors (Lipinski definition) is 4. The third-order valence-corrected chi connectivity index (χ3v) is 2.60. The Morgan fingerprint density at radius 2 is 1.88 bits per heavy atom. The van der Waals surface area contributed by atoms with Crippen LogP contribution in [0.1, 0.15) is 25.5 Å². The molecule has 0 aliphatic rings. The van der Waals surface area contributed by atoms with Crippen LogP contribution in [0.3, 0.4) is 0 Å². The van der Waals surface area contributed by atoms with Gasteiger partial charge in [0.15, 0.2) is 5.82 Å². The summed E-state index contributed by atoms with van der Waals surface area (Å²) in [4.78, 5) is 0. The van der Waals surface area contributed by atoms with E-state index in [4.69, 9.17) is 10.5 Å². The number of hydrogen-bond donors (Lipinski definition) is 1. The van der Waals surface area contributed by atoms with Crippen molar-refractivity contribution in [3.05, 3.63) is 30.0 Å². The van der Waals surface area contributed by atoms with Crippen LogP contribution in [0.25, 0.3) is 5.69 Å². The lowest BCUT2D eigenvalue weighted by Gasteiger charge is -2.09. The average Bonchev–Trinajstić information content (AvgIpc) is 2.71. The van der Waals surface area contributed by atoms with E-state index in [0.717, 1.165) is 17.1 Å². The summed E-state index contributed by atoms with van der Waals surface area (Å²) in [6.45, 7) is 4.13. The minimum Gasteiger partial charge on any atom is -0.497 e. The highest BCUT2D eigenvalue weighted by molar-refractivity contribution is 5.44. The lowest BCUT2D eigenvalue weighted by atomic mass is 10.1. The van der Waals surface area contributed by atoms with Crippen molar-refractivity contribution < 1.29 is 4.74 Å². The van der Waals surface area contributed by atoms with Crippen LogP contribution in [0.15, 0.2) is 24.3 Å². The Kier molecular flexibility index (Phi) is 2.99. The van der Waals surface area contributed by atoms with Gasteiger partial charge in [0.2, 0.25) is 0 Å². The average molecular weight is 232 g/mol. The maximum Gasteiger partial charge on any atom is 0.169 e. The van der Waals surface area contributed by atoms with Crippen LogP contribution >= 0.6 is 0 Å². The number of ether oxygens (including phenoxy) is 1. The Morgan fingerprint density at radius 1 is 1.24 bits per heavy atom. The number of anilines is 1. The molecule has 0 saturated heterocycles. The van der Waals surface area contributed by atoms with Gasteiger partial charge in [-0.05, 0) is 30.2 Å². The molecule has 0 amide bonds.